The van der Waals surface area contributed by atoms with Crippen LogP contribution in [0, 0.1) is 0 Å². The minimum Gasteiger partial charge on any atom is -0.344 e. The van der Waals surface area contributed by atoms with Crippen molar-refractivity contribution in [2.75, 3.05) is 12.3 Å². The van der Waals surface area contributed by atoms with Crippen molar-refractivity contribution in [1.29, 1.82) is 0 Å². The van der Waals surface area contributed by atoms with Gasteiger partial charge in [0.25, 0.3) is 5.91 Å². The van der Waals surface area contributed by atoms with Crippen molar-refractivity contribution in [3.8, 4) is 0 Å². The molecule has 174 valence electrons. The summed E-state index contributed by atoms with van der Waals surface area (Å²) in [6, 6.07) is 8.68. The second-order valence-electron chi connectivity index (χ2n) is 7.64. The fraction of sp³-hybridized carbons (Fsp3) is 0.409. The van der Waals surface area contributed by atoms with E-state index in [2.05, 4.69) is 10.6 Å². The van der Waals surface area contributed by atoms with Gasteiger partial charge in [-0.05, 0) is 49.2 Å². The molecule has 2 N–H and O–H groups in total. The Labute approximate surface area is 190 Å². The molecule has 2 atom stereocenters. The Bertz CT molecular complexity index is 1070. The van der Waals surface area contributed by atoms with Gasteiger partial charge in [-0.15, -0.1) is 0 Å². The van der Waals surface area contributed by atoms with Gasteiger partial charge in [-0.25, -0.2) is 8.42 Å². The van der Waals surface area contributed by atoms with Gasteiger partial charge in [0.15, 0.2) is 9.84 Å². The number of hydrogen-bond acceptors (Lipinski definition) is 4. The highest BCUT2D eigenvalue weighted by Crippen LogP contribution is 2.36. The summed E-state index contributed by atoms with van der Waals surface area (Å²) in [4.78, 5) is 13.1. The molecule has 1 amide bonds. The fourth-order valence-corrected chi connectivity index (χ4v) is 4.98. The first-order valence-electron chi connectivity index (χ1n) is 10.3. The highest BCUT2D eigenvalue weighted by molar-refractivity contribution is 7.91. The molecule has 0 aliphatic carbocycles. The zero-order chi connectivity index (χ0) is 23.5. The molecule has 0 saturated carbocycles. The maximum absolute atomic E-state index is 13.2. The third-order valence-electron chi connectivity index (χ3n) is 5.56. The topological polar surface area (TPSA) is 75.3 Å². The molecule has 0 spiro atoms. The van der Waals surface area contributed by atoms with Crippen LogP contribution < -0.4 is 10.6 Å². The SMILES string of the molecule is CCS(=O)(=O)c1ccc([C@H](NC(=O)c2cccc(C(F)(F)F)c2Cl)[C@H]2CCCCN2)cc1. The molecule has 2 aromatic rings. The van der Waals surface area contributed by atoms with Gasteiger partial charge in [-0.3, -0.25) is 4.79 Å². The molecule has 0 unspecified atom stereocenters. The molecular weight excluding hydrogens is 465 g/mol. The Balaban J connectivity index is 1.93. The van der Waals surface area contributed by atoms with E-state index in [0.29, 0.717) is 5.56 Å². The van der Waals surface area contributed by atoms with Crippen LogP contribution in [0.3, 0.4) is 0 Å². The molecule has 1 heterocycles. The van der Waals surface area contributed by atoms with E-state index in [1.54, 1.807) is 19.1 Å². The number of amides is 1. The summed E-state index contributed by atoms with van der Waals surface area (Å²) in [6.45, 7) is 2.29. The number of benzene rings is 2. The molecule has 1 aliphatic rings. The first-order chi connectivity index (χ1) is 15.0. The molecule has 32 heavy (non-hydrogen) atoms. The highest BCUT2D eigenvalue weighted by atomic mass is 35.5. The van der Waals surface area contributed by atoms with Gasteiger partial charge in [0.2, 0.25) is 0 Å². The average Bonchev–Trinajstić information content (AvgIpc) is 2.77. The van der Waals surface area contributed by atoms with Crippen molar-refractivity contribution in [2.24, 2.45) is 0 Å². The van der Waals surface area contributed by atoms with Gasteiger partial charge in [-0.1, -0.05) is 43.1 Å². The van der Waals surface area contributed by atoms with Crippen LogP contribution in [0.15, 0.2) is 47.4 Å². The highest BCUT2D eigenvalue weighted by Gasteiger charge is 2.35. The second-order valence-corrected chi connectivity index (χ2v) is 10.3. The summed E-state index contributed by atoms with van der Waals surface area (Å²) in [5.41, 5.74) is -0.698. The van der Waals surface area contributed by atoms with Gasteiger partial charge in [0.1, 0.15) is 0 Å². The van der Waals surface area contributed by atoms with E-state index in [0.717, 1.165) is 37.9 Å². The van der Waals surface area contributed by atoms with Gasteiger partial charge >= 0.3 is 6.18 Å². The van der Waals surface area contributed by atoms with Crippen LogP contribution in [0.4, 0.5) is 13.2 Å². The molecule has 0 radical (unpaired) electrons. The van der Waals surface area contributed by atoms with Crippen LogP contribution in [0.25, 0.3) is 0 Å². The average molecular weight is 489 g/mol. The summed E-state index contributed by atoms with van der Waals surface area (Å²) in [5.74, 6) is -0.770. The quantitative estimate of drug-likeness (QED) is 0.614. The number of halogens is 4. The van der Waals surface area contributed by atoms with Crippen molar-refractivity contribution in [1.82, 2.24) is 10.6 Å². The molecule has 1 saturated heterocycles. The molecule has 1 aliphatic heterocycles. The summed E-state index contributed by atoms with van der Waals surface area (Å²) in [5, 5.41) is 5.49. The van der Waals surface area contributed by atoms with Crippen molar-refractivity contribution >= 4 is 27.3 Å². The third kappa shape index (κ3) is 5.44. The van der Waals surface area contributed by atoms with Crippen molar-refractivity contribution in [3.05, 3.63) is 64.2 Å². The van der Waals surface area contributed by atoms with Gasteiger partial charge < -0.3 is 10.6 Å². The minimum atomic E-state index is -4.68. The van der Waals surface area contributed by atoms with E-state index in [9.17, 15) is 26.4 Å². The van der Waals surface area contributed by atoms with Crippen LogP contribution >= 0.6 is 11.6 Å². The van der Waals surface area contributed by atoms with E-state index in [1.807, 2.05) is 0 Å². The molecular formula is C22H24ClF3N2O3S. The molecule has 0 aromatic heterocycles. The van der Waals surface area contributed by atoms with Crippen LogP contribution in [0.5, 0.6) is 0 Å². The van der Waals surface area contributed by atoms with Crippen molar-refractivity contribution < 1.29 is 26.4 Å². The first kappa shape index (κ1) is 24.5. The monoisotopic (exact) mass is 488 g/mol. The van der Waals surface area contributed by atoms with E-state index in [4.69, 9.17) is 11.6 Å². The van der Waals surface area contributed by atoms with E-state index >= 15 is 0 Å². The summed E-state index contributed by atoms with van der Waals surface area (Å²) in [6.07, 6.45) is -2.03. The lowest BCUT2D eigenvalue weighted by atomic mass is 9.92. The van der Waals surface area contributed by atoms with Crippen LogP contribution in [0.2, 0.25) is 5.02 Å². The maximum Gasteiger partial charge on any atom is 0.417 e. The summed E-state index contributed by atoms with van der Waals surface area (Å²) < 4.78 is 63.8. The lowest BCUT2D eigenvalue weighted by Crippen LogP contribution is -2.46. The Morgan fingerprint density at radius 1 is 1.19 bits per heavy atom. The molecule has 10 heteroatoms. The van der Waals surface area contributed by atoms with E-state index in [1.165, 1.54) is 18.2 Å². The predicted molar refractivity (Wildman–Crippen MR) is 116 cm³/mol. The summed E-state index contributed by atoms with van der Waals surface area (Å²) in [7, 11) is -3.38. The van der Waals surface area contributed by atoms with E-state index < -0.39 is 38.5 Å². The van der Waals surface area contributed by atoms with Gasteiger partial charge in [0, 0.05) is 6.04 Å². The lowest BCUT2D eigenvalue weighted by molar-refractivity contribution is -0.137. The molecule has 1 fully saturated rings. The number of alkyl halides is 3. The smallest absolute Gasteiger partial charge is 0.344 e. The largest absolute Gasteiger partial charge is 0.417 e. The summed E-state index contributed by atoms with van der Waals surface area (Å²) >= 11 is 5.93. The maximum atomic E-state index is 13.2. The standard InChI is InChI=1S/C22H24ClF3N2O3S/c1-2-32(30,31)15-11-9-14(10-12-15)20(18-8-3-4-13-27-18)28-21(29)16-6-5-7-17(19(16)23)22(24,25)26/h5-7,9-12,18,20,27H,2-4,8,13H2,1H3,(H,28,29)/t18-,20+/m1/s1. The Hall–Kier alpha value is -2.10. The van der Waals surface area contributed by atoms with Crippen LogP contribution in [-0.2, 0) is 16.0 Å². The molecule has 5 nitrogen and oxygen atoms in total. The number of carbonyl (C=O) groups is 1. The Morgan fingerprint density at radius 3 is 2.44 bits per heavy atom. The van der Waals surface area contributed by atoms with Crippen LogP contribution in [0.1, 0.15) is 53.7 Å². The Morgan fingerprint density at radius 2 is 1.88 bits per heavy atom. The van der Waals surface area contributed by atoms with Crippen molar-refractivity contribution in [3.63, 3.8) is 0 Å². The van der Waals surface area contributed by atoms with Gasteiger partial charge in [0.05, 0.1) is 32.8 Å². The van der Waals surface area contributed by atoms with E-state index in [-0.39, 0.29) is 22.3 Å². The minimum absolute atomic E-state index is 0.0370. The number of carbonyl (C=O) groups excluding carboxylic acids is 1. The lowest BCUT2D eigenvalue weighted by Gasteiger charge is -2.32. The predicted octanol–water partition coefficient (Wildman–Crippen LogP) is 4.77. The number of piperidine rings is 1. The molecule has 0 bridgehead atoms. The number of hydrogen-bond donors (Lipinski definition) is 2. The van der Waals surface area contributed by atoms with Crippen LogP contribution in [-0.4, -0.2) is 32.7 Å². The molecule has 2 aromatic carbocycles. The normalized spacial score (nSPS) is 18.2. The van der Waals surface area contributed by atoms with Gasteiger partial charge in [-0.2, -0.15) is 13.2 Å². The fourth-order valence-electron chi connectivity index (χ4n) is 3.77. The number of rotatable bonds is 6. The number of nitrogens with one attached hydrogen (secondary N) is 2. The zero-order valence-electron chi connectivity index (χ0n) is 17.4. The second kappa shape index (κ2) is 9.80. The first-order valence-corrected chi connectivity index (χ1v) is 12.3. The number of sulfone groups is 1. The third-order valence-corrected chi connectivity index (χ3v) is 7.72. The van der Waals surface area contributed by atoms with Crippen molar-refractivity contribution in [2.45, 2.75) is 49.3 Å². The zero-order valence-corrected chi connectivity index (χ0v) is 18.9. The Kier molecular flexibility index (Phi) is 7.52. The molecule has 3 rings (SSSR count).